The molecule has 1 aliphatic rings. The Morgan fingerprint density at radius 2 is 2.06 bits per heavy atom. The Bertz CT molecular complexity index is 376. The summed E-state index contributed by atoms with van der Waals surface area (Å²) in [6, 6.07) is 0. The molecule has 1 aromatic rings. The lowest BCUT2D eigenvalue weighted by molar-refractivity contribution is 0.414. The van der Waals surface area contributed by atoms with E-state index in [0.717, 1.165) is 18.2 Å². The Morgan fingerprint density at radius 1 is 1.38 bits per heavy atom. The standard InChI is InChI=1S/C11H18N4O/c1-4-12-9-8(16-3)10(14-7-13-9)15-11(2)5-6-11/h7H,4-6H2,1-3H3,(H2,12,13,14,15). The zero-order valence-corrected chi connectivity index (χ0v) is 10.0. The summed E-state index contributed by atoms with van der Waals surface area (Å²) in [5.74, 6) is 2.21. The summed E-state index contributed by atoms with van der Waals surface area (Å²) < 4.78 is 5.35. The number of nitrogens with zero attached hydrogens (tertiary/aromatic N) is 2. The van der Waals surface area contributed by atoms with E-state index in [1.165, 1.54) is 12.8 Å². The van der Waals surface area contributed by atoms with Gasteiger partial charge in [-0.05, 0) is 26.7 Å². The van der Waals surface area contributed by atoms with E-state index < -0.39 is 0 Å². The van der Waals surface area contributed by atoms with Crippen LogP contribution in [0.1, 0.15) is 26.7 Å². The summed E-state index contributed by atoms with van der Waals surface area (Å²) in [4.78, 5) is 8.39. The van der Waals surface area contributed by atoms with Crippen LogP contribution in [0.5, 0.6) is 5.75 Å². The van der Waals surface area contributed by atoms with Gasteiger partial charge in [-0.2, -0.15) is 0 Å². The van der Waals surface area contributed by atoms with Crippen LogP contribution in [0.4, 0.5) is 11.6 Å². The molecule has 0 aliphatic heterocycles. The van der Waals surface area contributed by atoms with Gasteiger partial charge in [-0.25, -0.2) is 9.97 Å². The molecule has 1 aliphatic carbocycles. The highest BCUT2D eigenvalue weighted by Crippen LogP contribution is 2.40. The van der Waals surface area contributed by atoms with Gasteiger partial charge in [0.05, 0.1) is 7.11 Å². The van der Waals surface area contributed by atoms with Crippen LogP contribution in [0.2, 0.25) is 0 Å². The van der Waals surface area contributed by atoms with Gasteiger partial charge >= 0.3 is 0 Å². The Morgan fingerprint density at radius 3 is 2.62 bits per heavy atom. The maximum Gasteiger partial charge on any atom is 0.204 e. The monoisotopic (exact) mass is 222 g/mol. The molecule has 0 spiro atoms. The van der Waals surface area contributed by atoms with Crippen LogP contribution in [-0.4, -0.2) is 29.2 Å². The molecule has 1 aromatic heterocycles. The van der Waals surface area contributed by atoms with Crippen molar-refractivity contribution in [2.24, 2.45) is 0 Å². The Labute approximate surface area is 95.6 Å². The number of ether oxygens (including phenoxy) is 1. The van der Waals surface area contributed by atoms with Crippen molar-refractivity contribution in [1.82, 2.24) is 9.97 Å². The zero-order chi connectivity index (χ0) is 11.6. The maximum atomic E-state index is 5.35. The lowest BCUT2D eigenvalue weighted by atomic mass is 10.3. The third-order valence-corrected chi connectivity index (χ3v) is 2.77. The number of nitrogens with one attached hydrogen (secondary N) is 2. The summed E-state index contributed by atoms with van der Waals surface area (Å²) in [6.07, 6.45) is 3.90. The lowest BCUT2D eigenvalue weighted by Crippen LogP contribution is -2.18. The van der Waals surface area contributed by atoms with Gasteiger partial charge in [-0.3, -0.25) is 0 Å². The van der Waals surface area contributed by atoms with Gasteiger partial charge in [0, 0.05) is 12.1 Å². The Hall–Kier alpha value is -1.52. The topological polar surface area (TPSA) is 59.1 Å². The van der Waals surface area contributed by atoms with E-state index in [1.807, 2.05) is 6.92 Å². The van der Waals surface area contributed by atoms with Crippen molar-refractivity contribution in [1.29, 1.82) is 0 Å². The molecule has 1 heterocycles. The average Bonchev–Trinajstić information content (AvgIpc) is 2.97. The summed E-state index contributed by atoms with van der Waals surface area (Å²) in [7, 11) is 1.64. The first-order chi connectivity index (χ1) is 7.68. The SMILES string of the molecule is CCNc1ncnc(NC2(C)CC2)c1OC. The molecule has 0 radical (unpaired) electrons. The van der Waals surface area contributed by atoms with Gasteiger partial charge in [0.2, 0.25) is 5.75 Å². The molecule has 5 heteroatoms. The highest BCUT2D eigenvalue weighted by atomic mass is 16.5. The average molecular weight is 222 g/mol. The third-order valence-electron chi connectivity index (χ3n) is 2.77. The van der Waals surface area contributed by atoms with E-state index in [2.05, 4.69) is 27.5 Å². The molecule has 2 rings (SSSR count). The highest BCUT2D eigenvalue weighted by Gasteiger charge is 2.38. The van der Waals surface area contributed by atoms with Gasteiger partial charge in [-0.15, -0.1) is 0 Å². The van der Waals surface area contributed by atoms with Crippen LogP contribution < -0.4 is 15.4 Å². The molecule has 0 unspecified atom stereocenters. The Kier molecular flexibility index (Phi) is 2.85. The predicted molar refractivity (Wildman–Crippen MR) is 64.0 cm³/mol. The first kappa shape index (κ1) is 11.0. The molecule has 0 amide bonds. The largest absolute Gasteiger partial charge is 0.490 e. The van der Waals surface area contributed by atoms with Gasteiger partial charge < -0.3 is 15.4 Å². The Balaban J connectivity index is 2.25. The predicted octanol–water partition coefficient (Wildman–Crippen LogP) is 1.88. The molecular weight excluding hydrogens is 204 g/mol. The van der Waals surface area contributed by atoms with Crippen molar-refractivity contribution in [3.63, 3.8) is 0 Å². The third kappa shape index (κ3) is 2.18. The van der Waals surface area contributed by atoms with Crippen molar-refractivity contribution in [3.05, 3.63) is 6.33 Å². The van der Waals surface area contributed by atoms with Crippen LogP contribution in [0, 0.1) is 0 Å². The van der Waals surface area contributed by atoms with E-state index in [9.17, 15) is 0 Å². The number of anilines is 2. The quantitative estimate of drug-likeness (QED) is 0.796. The van der Waals surface area contributed by atoms with Crippen molar-refractivity contribution in [3.8, 4) is 5.75 Å². The molecule has 0 saturated heterocycles. The minimum absolute atomic E-state index is 0.186. The van der Waals surface area contributed by atoms with Crippen LogP contribution in [0.25, 0.3) is 0 Å². The van der Waals surface area contributed by atoms with Crippen LogP contribution in [-0.2, 0) is 0 Å². The number of aromatic nitrogens is 2. The van der Waals surface area contributed by atoms with E-state index in [1.54, 1.807) is 13.4 Å². The van der Waals surface area contributed by atoms with Gasteiger partial charge in [0.1, 0.15) is 6.33 Å². The molecule has 0 aromatic carbocycles. The molecule has 5 nitrogen and oxygen atoms in total. The fourth-order valence-electron chi connectivity index (χ4n) is 1.55. The number of methoxy groups -OCH3 is 1. The van der Waals surface area contributed by atoms with Crippen molar-refractivity contribution >= 4 is 11.6 Å². The molecular formula is C11H18N4O. The zero-order valence-electron chi connectivity index (χ0n) is 10.0. The summed E-state index contributed by atoms with van der Waals surface area (Å²) >= 11 is 0. The second kappa shape index (κ2) is 4.15. The molecule has 1 fully saturated rings. The first-order valence-corrected chi connectivity index (χ1v) is 5.59. The fraction of sp³-hybridized carbons (Fsp3) is 0.636. The van der Waals surface area contributed by atoms with Gasteiger partial charge in [-0.1, -0.05) is 0 Å². The van der Waals surface area contributed by atoms with Gasteiger partial charge in [0.15, 0.2) is 11.6 Å². The summed E-state index contributed by atoms with van der Waals surface area (Å²) in [6.45, 7) is 5.02. The molecule has 0 atom stereocenters. The number of hydrogen-bond acceptors (Lipinski definition) is 5. The van der Waals surface area contributed by atoms with Crippen molar-refractivity contribution in [2.45, 2.75) is 32.2 Å². The minimum Gasteiger partial charge on any atom is -0.490 e. The molecule has 16 heavy (non-hydrogen) atoms. The second-order valence-electron chi connectivity index (χ2n) is 4.32. The molecule has 0 bridgehead atoms. The summed E-state index contributed by atoms with van der Waals surface area (Å²) in [5.41, 5.74) is 0.186. The summed E-state index contributed by atoms with van der Waals surface area (Å²) in [5, 5.41) is 6.55. The fourth-order valence-corrected chi connectivity index (χ4v) is 1.55. The van der Waals surface area contributed by atoms with Gasteiger partial charge in [0.25, 0.3) is 0 Å². The minimum atomic E-state index is 0.186. The van der Waals surface area contributed by atoms with E-state index in [4.69, 9.17) is 4.74 Å². The van der Waals surface area contributed by atoms with Crippen LogP contribution in [0.3, 0.4) is 0 Å². The normalized spacial score (nSPS) is 16.7. The highest BCUT2D eigenvalue weighted by molar-refractivity contribution is 5.64. The smallest absolute Gasteiger partial charge is 0.204 e. The maximum absolute atomic E-state index is 5.35. The number of rotatable bonds is 5. The number of hydrogen-bond donors (Lipinski definition) is 2. The van der Waals surface area contributed by atoms with E-state index in [-0.39, 0.29) is 5.54 Å². The van der Waals surface area contributed by atoms with Crippen molar-refractivity contribution < 1.29 is 4.74 Å². The molecule has 2 N–H and O–H groups in total. The van der Waals surface area contributed by atoms with E-state index in [0.29, 0.717) is 5.75 Å². The first-order valence-electron chi connectivity index (χ1n) is 5.59. The molecule has 1 saturated carbocycles. The van der Waals surface area contributed by atoms with Crippen LogP contribution in [0.15, 0.2) is 6.33 Å². The van der Waals surface area contributed by atoms with Crippen LogP contribution >= 0.6 is 0 Å². The molecule has 88 valence electrons. The second-order valence-corrected chi connectivity index (χ2v) is 4.32. The van der Waals surface area contributed by atoms with E-state index >= 15 is 0 Å². The van der Waals surface area contributed by atoms with Crippen molar-refractivity contribution in [2.75, 3.05) is 24.3 Å². The lowest BCUT2D eigenvalue weighted by Gasteiger charge is -2.16.